The van der Waals surface area contributed by atoms with Crippen LogP contribution < -0.4 is 10.1 Å². The quantitative estimate of drug-likeness (QED) is 0.869. The lowest BCUT2D eigenvalue weighted by Crippen LogP contribution is -2.35. The molecule has 0 unspecified atom stereocenters. The second-order valence-corrected chi connectivity index (χ2v) is 5.36. The smallest absolute Gasteiger partial charge is 0.356 e. The second kappa shape index (κ2) is 5.68. The molecule has 2 aromatic rings. The van der Waals surface area contributed by atoms with Crippen molar-refractivity contribution in [3.63, 3.8) is 0 Å². The molecule has 2 N–H and O–H groups in total. The van der Waals surface area contributed by atoms with Crippen molar-refractivity contribution in [1.82, 2.24) is 15.3 Å². The fourth-order valence-corrected chi connectivity index (χ4v) is 2.36. The number of benzene rings is 1. The van der Waals surface area contributed by atoms with Crippen LogP contribution in [0.2, 0.25) is 0 Å². The molecule has 1 aliphatic carbocycles. The van der Waals surface area contributed by atoms with Crippen molar-refractivity contribution in [2.75, 3.05) is 7.11 Å². The van der Waals surface area contributed by atoms with Crippen molar-refractivity contribution in [2.45, 2.75) is 18.4 Å². The molecule has 7 heteroatoms. The number of carbonyl (C=O) groups excluding carboxylic acids is 1. The van der Waals surface area contributed by atoms with Crippen LogP contribution in [-0.2, 0) is 5.54 Å². The lowest BCUT2D eigenvalue weighted by Gasteiger charge is -2.18. The van der Waals surface area contributed by atoms with Crippen LogP contribution in [0, 0.1) is 0 Å². The minimum Gasteiger partial charge on any atom is -0.497 e. The summed E-state index contributed by atoms with van der Waals surface area (Å²) >= 11 is 0. The predicted molar refractivity (Wildman–Crippen MR) is 80.4 cm³/mol. The van der Waals surface area contributed by atoms with Gasteiger partial charge in [0.15, 0.2) is 5.69 Å². The molecule has 0 aliphatic heterocycles. The first kappa shape index (κ1) is 15.0. The van der Waals surface area contributed by atoms with Gasteiger partial charge in [-0.15, -0.1) is 0 Å². The Kier molecular flexibility index (Phi) is 3.69. The number of methoxy groups -OCH3 is 1. The zero-order valence-corrected chi connectivity index (χ0v) is 12.4. The van der Waals surface area contributed by atoms with Gasteiger partial charge in [-0.25, -0.2) is 14.8 Å². The van der Waals surface area contributed by atoms with Gasteiger partial charge in [0.25, 0.3) is 5.91 Å². The molecule has 1 amide bonds. The van der Waals surface area contributed by atoms with E-state index >= 15 is 0 Å². The standard InChI is InChI=1S/C16H15N3O4/c1-23-11-4-2-10(3-5-11)16(6-7-16)19-14(20)12-8-18-13(9-17-12)15(21)22/h2-5,8-9H,6-7H2,1H3,(H,19,20)(H,21,22). The summed E-state index contributed by atoms with van der Waals surface area (Å²) in [6.07, 6.45) is 3.92. The Morgan fingerprint density at radius 2 is 1.74 bits per heavy atom. The van der Waals surface area contributed by atoms with E-state index < -0.39 is 11.5 Å². The number of hydrogen-bond donors (Lipinski definition) is 2. The SMILES string of the molecule is COc1ccc(C2(NC(=O)c3cnc(C(=O)O)cn3)CC2)cc1. The molecule has 3 rings (SSSR count). The summed E-state index contributed by atoms with van der Waals surface area (Å²) < 4.78 is 5.13. The monoisotopic (exact) mass is 313 g/mol. The van der Waals surface area contributed by atoms with Crippen molar-refractivity contribution >= 4 is 11.9 Å². The first-order chi connectivity index (χ1) is 11.0. The highest BCUT2D eigenvalue weighted by atomic mass is 16.5. The number of amides is 1. The Labute approximate surface area is 132 Å². The van der Waals surface area contributed by atoms with Gasteiger partial charge in [-0.05, 0) is 30.5 Å². The molecule has 7 nitrogen and oxygen atoms in total. The number of ether oxygens (including phenoxy) is 1. The van der Waals surface area contributed by atoms with Gasteiger partial charge in [-0.3, -0.25) is 4.79 Å². The van der Waals surface area contributed by atoms with Crippen molar-refractivity contribution in [3.8, 4) is 5.75 Å². The van der Waals surface area contributed by atoms with Crippen LogP contribution in [0.1, 0.15) is 39.4 Å². The highest BCUT2D eigenvalue weighted by Gasteiger charge is 2.45. The van der Waals surface area contributed by atoms with Crippen molar-refractivity contribution in [3.05, 3.63) is 53.6 Å². The van der Waals surface area contributed by atoms with Gasteiger partial charge < -0.3 is 15.2 Å². The van der Waals surface area contributed by atoms with Gasteiger partial charge in [-0.2, -0.15) is 0 Å². The Morgan fingerprint density at radius 1 is 1.13 bits per heavy atom. The number of aromatic nitrogens is 2. The molecule has 23 heavy (non-hydrogen) atoms. The maximum absolute atomic E-state index is 12.3. The molecule has 1 aromatic carbocycles. The molecule has 1 aliphatic rings. The molecule has 0 atom stereocenters. The third-order valence-corrected chi connectivity index (χ3v) is 3.85. The largest absolute Gasteiger partial charge is 0.497 e. The van der Waals surface area contributed by atoms with E-state index in [4.69, 9.17) is 9.84 Å². The zero-order chi connectivity index (χ0) is 16.4. The fourth-order valence-electron chi connectivity index (χ4n) is 2.36. The first-order valence-electron chi connectivity index (χ1n) is 7.06. The van der Waals surface area contributed by atoms with Crippen LogP contribution in [0.4, 0.5) is 0 Å². The highest BCUT2D eigenvalue weighted by Crippen LogP contribution is 2.45. The Morgan fingerprint density at radius 3 is 2.22 bits per heavy atom. The molecule has 1 fully saturated rings. The number of carboxylic acids is 1. The van der Waals surface area contributed by atoms with E-state index in [1.54, 1.807) is 7.11 Å². The number of rotatable bonds is 5. The minimum atomic E-state index is -1.18. The average molecular weight is 313 g/mol. The van der Waals surface area contributed by atoms with Gasteiger partial charge in [0.2, 0.25) is 0 Å². The Hall–Kier alpha value is -2.96. The average Bonchev–Trinajstić information content (AvgIpc) is 3.35. The van der Waals surface area contributed by atoms with Crippen LogP contribution in [0.15, 0.2) is 36.7 Å². The van der Waals surface area contributed by atoms with Gasteiger partial charge in [0.1, 0.15) is 11.4 Å². The Balaban J connectivity index is 1.74. The van der Waals surface area contributed by atoms with E-state index in [1.165, 1.54) is 6.20 Å². The molecule has 118 valence electrons. The Bertz CT molecular complexity index is 737. The third-order valence-electron chi connectivity index (χ3n) is 3.85. The number of carbonyl (C=O) groups is 2. The van der Waals surface area contributed by atoms with Gasteiger partial charge in [-0.1, -0.05) is 12.1 Å². The van der Waals surface area contributed by atoms with E-state index in [0.29, 0.717) is 0 Å². The van der Waals surface area contributed by atoms with E-state index in [2.05, 4.69) is 15.3 Å². The normalized spacial score (nSPS) is 14.8. The van der Waals surface area contributed by atoms with Crippen LogP contribution >= 0.6 is 0 Å². The van der Waals surface area contributed by atoms with Crippen molar-refractivity contribution in [1.29, 1.82) is 0 Å². The molecule has 0 spiro atoms. The highest BCUT2D eigenvalue weighted by molar-refractivity contribution is 5.93. The molecule has 1 aromatic heterocycles. The second-order valence-electron chi connectivity index (χ2n) is 5.36. The zero-order valence-electron chi connectivity index (χ0n) is 12.4. The summed E-state index contributed by atoms with van der Waals surface area (Å²) in [5.41, 5.74) is 0.505. The van der Waals surface area contributed by atoms with Crippen molar-refractivity contribution in [2.24, 2.45) is 0 Å². The van der Waals surface area contributed by atoms with Crippen LogP contribution in [-0.4, -0.2) is 34.1 Å². The van der Waals surface area contributed by atoms with Gasteiger partial charge >= 0.3 is 5.97 Å². The molecule has 0 bridgehead atoms. The molecular weight excluding hydrogens is 298 g/mol. The summed E-state index contributed by atoms with van der Waals surface area (Å²) in [5, 5.41) is 11.7. The summed E-state index contributed by atoms with van der Waals surface area (Å²) in [5.74, 6) is -0.796. The van der Waals surface area contributed by atoms with Gasteiger partial charge in [0.05, 0.1) is 25.0 Å². The predicted octanol–water partition coefficient (Wildman–Crippen LogP) is 1.60. The molecular formula is C16H15N3O4. The molecule has 0 radical (unpaired) electrons. The lowest BCUT2D eigenvalue weighted by atomic mass is 10.0. The van der Waals surface area contributed by atoms with E-state index in [-0.39, 0.29) is 17.3 Å². The number of hydrogen-bond acceptors (Lipinski definition) is 5. The lowest BCUT2D eigenvalue weighted by molar-refractivity contribution is 0.0688. The molecule has 1 saturated carbocycles. The summed E-state index contributed by atoms with van der Waals surface area (Å²) in [6, 6.07) is 7.54. The van der Waals surface area contributed by atoms with E-state index in [0.717, 1.165) is 30.4 Å². The summed E-state index contributed by atoms with van der Waals surface area (Å²) in [7, 11) is 1.60. The number of nitrogens with one attached hydrogen (secondary N) is 1. The maximum atomic E-state index is 12.3. The minimum absolute atomic E-state index is 0.0924. The fraction of sp³-hybridized carbons (Fsp3) is 0.250. The van der Waals surface area contributed by atoms with Gasteiger partial charge in [0, 0.05) is 0 Å². The molecule has 1 heterocycles. The maximum Gasteiger partial charge on any atom is 0.356 e. The topological polar surface area (TPSA) is 101 Å². The van der Waals surface area contributed by atoms with E-state index in [1.807, 2.05) is 24.3 Å². The number of nitrogens with zero attached hydrogens (tertiary/aromatic N) is 2. The summed E-state index contributed by atoms with van der Waals surface area (Å²) in [6.45, 7) is 0. The summed E-state index contributed by atoms with van der Waals surface area (Å²) in [4.78, 5) is 30.6. The number of aromatic carboxylic acids is 1. The van der Waals surface area contributed by atoms with Crippen LogP contribution in [0.25, 0.3) is 0 Å². The van der Waals surface area contributed by atoms with E-state index in [9.17, 15) is 9.59 Å². The first-order valence-corrected chi connectivity index (χ1v) is 7.06. The number of carboxylic acid groups (broad SMARTS) is 1. The van der Waals surface area contributed by atoms with Crippen molar-refractivity contribution < 1.29 is 19.4 Å². The molecule has 0 saturated heterocycles. The third kappa shape index (κ3) is 2.98. The van der Waals surface area contributed by atoms with Crippen LogP contribution in [0.5, 0.6) is 5.75 Å². The van der Waals surface area contributed by atoms with Crippen LogP contribution in [0.3, 0.4) is 0 Å².